The quantitative estimate of drug-likeness (QED) is 0.413. The van der Waals surface area contributed by atoms with E-state index in [9.17, 15) is 9.59 Å². The Morgan fingerprint density at radius 3 is 2.43 bits per heavy atom. The number of rotatable bonds is 2. The highest BCUT2D eigenvalue weighted by Gasteiger charge is 2.17. The lowest BCUT2D eigenvalue weighted by atomic mass is 9.94. The van der Waals surface area contributed by atoms with E-state index in [2.05, 4.69) is 0 Å². The largest absolute Gasteiger partial charge is 0.293 e. The van der Waals surface area contributed by atoms with Gasteiger partial charge in [-0.05, 0) is 12.1 Å². The molecule has 1 atom stereocenters. The summed E-state index contributed by atoms with van der Waals surface area (Å²) in [6.45, 7) is 1.49. The maximum atomic E-state index is 12.0. The van der Waals surface area contributed by atoms with E-state index in [1.165, 1.54) is 6.92 Å². The van der Waals surface area contributed by atoms with E-state index < -0.39 is 5.28 Å². The molecule has 0 amide bonds. The minimum absolute atomic E-state index is 0.110. The first kappa shape index (κ1) is 13.9. The fourth-order valence-electron chi connectivity index (χ4n) is 2.62. The minimum Gasteiger partial charge on any atom is -0.293 e. The molecule has 2 radical (unpaired) electrons. The van der Waals surface area contributed by atoms with Crippen molar-refractivity contribution in [1.82, 2.24) is 4.57 Å². The van der Waals surface area contributed by atoms with Crippen LogP contribution in [0.2, 0.25) is 0 Å². The number of nitrogens with zero attached hydrogens (tertiary/aromatic N) is 1. The van der Waals surface area contributed by atoms with Gasteiger partial charge in [0.15, 0.2) is 5.78 Å². The topological polar surface area (TPSA) is 39.1 Å². The summed E-state index contributed by atoms with van der Waals surface area (Å²) >= 11 is 5.65. The third-order valence-electron chi connectivity index (χ3n) is 3.52. The summed E-state index contributed by atoms with van der Waals surface area (Å²) in [5, 5.41) is 0.801. The van der Waals surface area contributed by atoms with Gasteiger partial charge in [0, 0.05) is 23.3 Å². The van der Waals surface area contributed by atoms with Crippen molar-refractivity contribution in [2.75, 3.05) is 0 Å². The molecular formula is C16H11BClNO2. The van der Waals surface area contributed by atoms with Crippen molar-refractivity contribution in [3.05, 3.63) is 48.0 Å². The third kappa shape index (κ3) is 2.16. The molecule has 1 unspecified atom stereocenters. The summed E-state index contributed by atoms with van der Waals surface area (Å²) in [5.41, 5.74) is 1.90. The van der Waals surface area contributed by atoms with Crippen molar-refractivity contribution in [3.8, 4) is 0 Å². The van der Waals surface area contributed by atoms with Gasteiger partial charge < -0.3 is 0 Å². The lowest BCUT2D eigenvalue weighted by Gasteiger charge is -2.05. The van der Waals surface area contributed by atoms with Crippen molar-refractivity contribution in [3.63, 3.8) is 0 Å². The van der Waals surface area contributed by atoms with Crippen molar-refractivity contribution in [1.29, 1.82) is 0 Å². The molecule has 0 aliphatic carbocycles. The van der Waals surface area contributed by atoms with Crippen LogP contribution in [-0.4, -0.2) is 29.4 Å². The van der Waals surface area contributed by atoms with Crippen LogP contribution in [0.3, 0.4) is 0 Å². The highest BCUT2D eigenvalue weighted by atomic mass is 35.5. The molecule has 102 valence electrons. The number of aromatic nitrogens is 1. The molecule has 1 aromatic heterocycles. The maximum absolute atomic E-state index is 12.0. The summed E-state index contributed by atoms with van der Waals surface area (Å²) in [6.07, 6.45) is 0. The van der Waals surface area contributed by atoms with Gasteiger partial charge in [-0.2, -0.15) is 0 Å². The molecule has 0 saturated carbocycles. The summed E-state index contributed by atoms with van der Waals surface area (Å²) in [4.78, 5) is 23.9. The van der Waals surface area contributed by atoms with Crippen LogP contribution in [0.5, 0.6) is 0 Å². The van der Waals surface area contributed by atoms with Gasteiger partial charge in [-0.1, -0.05) is 30.3 Å². The number of Topliss-reactive ketones (excluding diaryl/α,β-unsaturated/α-hetero) is 1. The molecule has 2 aromatic carbocycles. The van der Waals surface area contributed by atoms with Crippen LogP contribution in [0.4, 0.5) is 0 Å². The molecular weight excluding hydrogens is 284 g/mol. The number of fused-ring (bicyclic) bond motifs is 3. The molecule has 3 nitrogen and oxygen atoms in total. The second-order valence-electron chi connectivity index (χ2n) is 4.87. The minimum atomic E-state index is -1.09. The van der Waals surface area contributed by atoms with E-state index in [4.69, 9.17) is 19.4 Å². The van der Waals surface area contributed by atoms with E-state index in [1.54, 1.807) is 16.7 Å². The molecule has 0 saturated heterocycles. The molecule has 0 aliphatic heterocycles. The van der Waals surface area contributed by atoms with Crippen molar-refractivity contribution < 1.29 is 9.59 Å². The number of carbonyl (C=O) groups excluding carboxylic acids is 2. The standard InChI is InChI=1S/C16H11BClNO2/c1-9(20)19-13-5-3-2-4-11(13)12-7-6-10(8-14(12)19)15(21)16(17)18/h2-8,16H,1H3. The molecule has 3 aromatic rings. The Hall–Kier alpha value is -2.07. The van der Waals surface area contributed by atoms with Gasteiger partial charge in [0.1, 0.15) is 7.85 Å². The van der Waals surface area contributed by atoms with E-state index in [1.807, 2.05) is 30.3 Å². The van der Waals surface area contributed by atoms with E-state index in [0.717, 1.165) is 16.3 Å². The fourth-order valence-corrected chi connectivity index (χ4v) is 2.75. The van der Waals surface area contributed by atoms with E-state index in [-0.39, 0.29) is 11.7 Å². The molecule has 0 aliphatic rings. The predicted octanol–water partition coefficient (Wildman–Crippen LogP) is 3.37. The number of carbonyl (C=O) groups is 2. The summed E-state index contributed by atoms with van der Waals surface area (Å²) < 4.78 is 1.60. The monoisotopic (exact) mass is 295 g/mol. The van der Waals surface area contributed by atoms with Gasteiger partial charge >= 0.3 is 0 Å². The molecule has 5 heteroatoms. The lowest BCUT2D eigenvalue weighted by molar-refractivity contribution is 0.0944. The van der Waals surface area contributed by atoms with Crippen LogP contribution in [0.15, 0.2) is 42.5 Å². The van der Waals surface area contributed by atoms with Gasteiger partial charge in [0.05, 0.1) is 16.3 Å². The summed E-state index contributed by atoms with van der Waals surface area (Å²) in [6, 6.07) is 12.8. The number of ketones is 1. The number of para-hydroxylation sites is 1. The van der Waals surface area contributed by atoms with Gasteiger partial charge in [0.2, 0.25) is 5.91 Å². The van der Waals surface area contributed by atoms with Gasteiger partial charge in [-0.3, -0.25) is 14.2 Å². The van der Waals surface area contributed by atoms with Crippen LogP contribution in [-0.2, 0) is 0 Å². The van der Waals surface area contributed by atoms with Crippen LogP contribution >= 0.6 is 11.6 Å². The molecule has 3 rings (SSSR count). The van der Waals surface area contributed by atoms with Crippen LogP contribution in [0.1, 0.15) is 22.1 Å². The van der Waals surface area contributed by atoms with Crippen LogP contribution in [0.25, 0.3) is 21.8 Å². The number of halogens is 1. The number of benzene rings is 2. The first-order chi connectivity index (χ1) is 10.0. The number of hydrogen-bond acceptors (Lipinski definition) is 2. The molecule has 0 fully saturated rings. The normalized spacial score (nSPS) is 12.7. The zero-order chi connectivity index (χ0) is 15.1. The Bertz CT molecular complexity index is 882. The van der Waals surface area contributed by atoms with Crippen LogP contribution < -0.4 is 0 Å². The zero-order valence-corrected chi connectivity index (χ0v) is 12.1. The predicted molar refractivity (Wildman–Crippen MR) is 85.5 cm³/mol. The highest BCUT2D eigenvalue weighted by Crippen LogP contribution is 2.29. The summed E-state index contributed by atoms with van der Waals surface area (Å²) in [5.74, 6) is -0.472. The van der Waals surface area contributed by atoms with Crippen molar-refractivity contribution in [2.45, 2.75) is 12.2 Å². The average Bonchev–Trinajstić information content (AvgIpc) is 2.79. The van der Waals surface area contributed by atoms with Crippen molar-refractivity contribution in [2.24, 2.45) is 0 Å². The second kappa shape index (κ2) is 5.04. The Labute approximate surface area is 127 Å². The molecule has 21 heavy (non-hydrogen) atoms. The maximum Gasteiger partial charge on any atom is 0.228 e. The fraction of sp³-hybridized carbons (Fsp3) is 0.125. The molecule has 0 bridgehead atoms. The lowest BCUT2D eigenvalue weighted by Crippen LogP contribution is -2.14. The second-order valence-corrected chi connectivity index (χ2v) is 5.34. The number of hydrogen-bond donors (Lipinski definition) is 0. The van der Waals surface area contributed by atoms with E-state index >= 15 is 0 Å². The molecule has 1 heterocycles. The first-order valence-corrected chi connectivity index (χ1v) is 6.92. The number of alkyl halides is 1. The third-order valence-corrected chi connectivity index (χ3v) is 3.72. The van der Waals surface area contributed by atoms with Crippen molar-refractivity contribution >= 4 is 52.9 Å². The molecule has 0 N–H and O–H groups in total. The summed E-state index contributed by atoms with van der Waals surface area (Å²) in [7, 11) is 5.43. The SMILES string of the molecule is [B]C(Cl)C(=O)c1ccc2c3ccccc3n(C(C)=O)c2c1. The Balaban J connectivity index is 2.39. The molecule has 0 spiro atoms. The smallest absolute Gasteiger partial charge is 0.228 e. The van der Waals surface area contributed by atoms with Crippen LogP contribution in [0, 0.1) is 0 Å². The Kier molecular flexibility index (Phi) is 3.34. The van der Waals surface area contributed by atoms with E-state index in [0.29, 0.717) is 11.1 Å². The average molecular weight is 296 g/mol. The Morgan fingerprint density at radius 2 is 1.76 bits per heavy atom. The van der Waals surface area contributed by atoms with Gasteiger partial charge in [-0.15, -0.1) is 11.6 Å². The van der Waals surface area contributed by atoms with Gasteiger partial charge in [-0.25, -0.2) is 0 Å². The first-order valence-electron chi connectivity index (χ1n) is 6.48. The highest BCUT2D eigenvalue weighted by molar-refractivity contribution is 6.52. The zero-order valence-electron chi connectivity index (χ0n) is 11.3. The van der Waals surface area contributed by atoms with Gasteiger partial charge in [0.25, 0.3) is 0 Å². The Morgan fingerprint density at radius 1 is 1.10 bits per heavy atom.